The van der Waals surface area contributed by atoms with Crippen LogP contribution in [0.15, 0.2) is 36.5 Å². The number of carboxylic acid groups (broad SMARTS) is 1. The number of fused-ring (bicyclic) bond motifs is 2. The Morgan fingerprint density at radius 3 is 2.02 bits per heavy atom. The van der Waals surface area contributed by atoms with Gasteiger partial charge in [0, 0.05) is 31.1 Å². The monoisotopic (exact) mass is 874 g/mol. The first-order valence-electron chi connectivity index (χ1n) is 22.6. The fourth-order valence-corrected chi connectivity index (χ4v) is 7.98. The Balaban J connectivity index is 1.75. The highest BCUT2D eigenvalue weighted by Gasteiger charge is 2.49. The second-order valence-electron chi connectivity index (χ2n) is 16.0. The summed E-state index contributed by atoms with van der Waals surface area (Å²) in [5, 5.41) is 18.3. The average Bonchev–Trinajstić information content (AvgIpc) is 3.84. The molecule has 0 aromatic carbocycles. The van der Waals surface area contributed by atoms with E-state index in [4.69, 9.17) is 34.6 Å². The van der Waals surface area contributed by atoms with Crippen molar-refractivity contribution >= 4 is 25.7 Å². The van der Waals surface area contributed by atoms with Crippen molar-refractivity contribution in [1.29, 1.82) is 0 Å². The van der Waals surface area contributed by atoms with Crippen LogP contribution in [0.4, 0.5) is 0 Å². The number of allylic oxidation sites excluding steroid dienone is 4. The molecule has 2 rings (SSSR count). The van der Waals surface area contributed by atoms with Crippen LogP contribution < -0.4 is 5.73 Å². The molecule has 1 saturated heterocycles. The van der Waals surface area contributed by atoms with Gasteiger partial charge < -0.3 is 25.2 Å². The van der Waals surface area contributed by atoms with Crippen molar-refractivity contribution < 1.29 is 67.4 Å². The predicted octanol–water partition coefficient (Wildman–Crippen LogP) is 9.47. The summed E-state index contributed by atoms with van der Waals surface area (Å²) in [5.74, 6) is -2.22. The minimum Gasteiger partial charge on any atom is -0.480 e. The second kappa shape index (κ2) is 33.1. The van der Waals surface area contributed by atoms with E-state index in [9.17, 15) is 29.1 Å². The summed E-state index contributed by atoms with van der Waals surface area (Å²) >= 11 is 0. The molecule has 1 aliphatic heterocycles. The number of carboxylic acids is 1. The third-order valence-electron chi connectivity index (χ3n) is 10.8. The van der Waals surface area contributed by atoms with Gasteiger partial charge in [-0.15, -0.1) is 0 Å². The minimum absolute atomic E-state index is 0.0263. The number of carbonyl (C=O) groups is 3. The smallest absolute Gasteiger partial charge is 0.472 e. The van der Waals surface area contributed by atoms with Crippen molar-refractivity contribution in [2.45, 2.75) is 192 Å². The first-order valence-corrected chi connectivity index (χ1v) is 24.0. The van der Waals surface area contributed by atoms with E-state index in [-0.39, 0.29) is 43.0 Å². The summed E-state index contributed by atoms with van der Waals surface area (Å²) in [6, 6.07) is -1.55. The second-order valence-corrected chi connectivity index (χ2v) is 17.5. The molecule has 0 aromatic heterocycles. The van der Waals surface area contributed by atoms with Gasteiger partial charge in [0.15, 0.2) is 6.10 Å². The van der Waals surface area contributed by atoms with Gasteiger partial charge in [-0.2, -0.15) is 0 Å². The zero-order valence-corrected chi connectivity index (χ0v) is 37.1. The SMILES string of the molecule is CCCCCCCC/C=C\CCCCCCCC(=O)OCC(COP(=O)(O)OCC(N)C(=O)O)OC(=O)CCC/C=C\CC1C2CC(OO2)C1/C=C/C(CCCCC)OO. The van der Waals surface area contributed by atoms with Gasteiger partial charge in [0.2, 0.25) is 0 Å². The molecule has 0 amide bonds. The fourth-order valence-electron chi connectivity index (χ4n) is 7.20. The Kier molecular flexibility index (Phi) is 29.7. The zero-order valence-electron chi connectivity index (χ0n) is 36.2. The molecule has 15 nitrogen and oxygen atoms in total. The lowest BCUT2D eigenvalue weighted by Gasteiger charge is -2.27. The Bertz CT molecular complexity index is 1310. The van der Waals surface area contributed by atoms with Crippen molar-refractivity contribution in [2.24, 2.45) is 17.6 Å². The van der Waals surface area contributed by atoms with E-state index < -0.39 is 57.7 Å². The molecule has 2 aliphatic rings. The van der Waals surface area contributed by atoms with E-state index in [0.29, 0.717) is 19.3 Å². The summed E-state index contributed by atoms with van der Waals surface area (Å²) in [5.41, 5.74) is 5.34. The van der Waals surface area contributed by atoms with Gasteiger partial charge in [-0.1, -0.05) is 121 Å². The van der Waals surface area contributed by atoms with Gasteiger partial charge in [0.05, 0.1) is 19.3 Å². The van der Waals surface area contributed by atoms with Crippen molar-refractivity contribution in [3.8, 4) is 0 Å². The summed E-state index contributed by atoms with van der Waals surface area (Å²) in [6.45, 7) is 2.52. The molecule has 1 heterocycles. The Labute approximate surface area is 358 Å². The highest BCUT2D eigenvalue weighted by molar-refractivity contribution is 7.47. The molecule has 0 radical (unpaired) electrons. The Morgan fingerprint density at radius 2 is 1.33 bits per heavy atom. The number of hydrogen-bond acceptors (Lipinski definition) is 13. The van der Waals surface area contributed by atoms with E-state index >= 15 is 0 Å². The summed E-state index contributed by atoms with van der Waals surface area (Å²) in [6.07, 6.45) is 32.3. The molecular formula is C44H76NO14P. The first-order chi connectivity index (χ1) is 29.0. The minimum atomic E-state index is -4.77. The van der Waals surface area contributed by atoms with Crippen LogP contribution in [0.2, 0.25) is 0 Å². The van der Waals surface area contributed by atoms with E-state index in [0.717, 1.165) is 77.0 Å². The quantitative estimate of drug-likeness (QED) is 0.0113. The normalized spacial score (nSPS) is 21.5. The summed E-state index contributed by atoms with van der Waals surface area (Å²) in [7, 11) is -4.77. The largest absolute Gasteiger partial charge is 0.480 e. The summed E-state index contributed by atoms with van der Waals surface area (Å²) < 4.78 is 32.8. The molecule has 0 spiro atoms. The molecule has 60 heavy (non-hydrogen) atoms. The molecule has 8 unspecified atom stereocenters. The molecule has 2 bridgehead atoms. The van der Waals surface area contributed by atoms with E-state index in [1.165, 1.54) is 38.5 Å². The molecule has 1 aliphatic carbocycles. The van der Waals surface area contributed by atoms with Crippen LogP contribution in [0.5, 0.6) is 0 Å². The number of unbranched alkanes of at least 4 members (excludes halogenated alkanes) is 14. The van der Waals surface area contributed by atoms with Crippen LogP contribution in [0.3, 0.4) is 0 Å². The average molecular weight is 874 g/mol. The fraction of sp³-hybridized carbons (Fsp3) is 0.795. The predicted molar refractivity (Wildman–Crippen MR) is 227 cm³/mol. The van der Waals surface area contributed by atoms with Gasteiger partial charge in [-0.3, -0.25) is 28.7 Å². The van der Waals surface area contributed by atoms with Gasteiger partial charge in [0.1, 0.15) is 24.9 Å². The molecule has 2 fully saturated rings. The van der Waals surface area contributed by atoms with Gasteiger partial charge in [-0.25, -0.2) is 19.2 Å². The van der Waals surface area contributed by atoms with E-state index in [1.807, 2.05) is 12.2 Å². The van der Waals surface area contributed by atoms with Gasteiger partial charge in [-0.05, 0) is 57.8 Å². The Hall–Kier alpha value is -2.46. The lowest BCUT2D eigenvalue weighted by Crippen LogP contribution is -2.34. The summed E-state index contributed by atoms with van der Waals surface area (Å²) in [4.78, 5) is 62.0. The standard InChI is InChI=1S/C44H76NO14P/c1-3-5-7-8-9-10-11-12-13-14-15-16-17-18-23-27-42(46)53-32-36(33-54-60(51,52)55-34-39(45)44(48)49)56-43(47)28-24-20-19-22-26-37-38(41-31-40(37)58-59-41)30-29-35(57-50)25-21-6-4-2/h12-13,19,22,29-30,35-41,50H,3-11,14-18,20-21,23-28,31-34,45H2,1-2H3,(H,48,49)(H,51,52)/b13-12-,22-19-,30-29+. The maximum absolute atomic E-state index is 12.8. The van der Waals surface area contributed by atoms with Crippen LogP contribution in [-0.2, 0) is 52.1 Å². The van der Waals surface area contributed by atoms with Crippen LogP contribution >= 0.6 is 7.82 Å². The highest BCUT2D eigenvalue weighted by atomic mass is 31.2. The van der Waals surface area contributed by atoms with E-state index in [1.54, 1.807) is 0 Å². The third kappa shape index (κ3) is 24.8. The number of ether oxygens (including phenoxy) is 2. The number of hydrogen-bond donors (Lipinski definition) is 4. The first kappa shape index (κ1) is 53.7. The number of carbonyl (C=O) groups excluding carboxylic acids is 2. The molecule has 5 N–H and O–H groups in total. The highest BCUT2D eigenvalue weighted by Crippen LogP contribution is 2.45. The number of aliphatic carboxylic acids is 1. The number of rotatable bonds is 38. The lowest BCUT2D eigenvalue weighted by atomic mass is 9.89. The molecule has 1 saturated carbocycles. The third-order valence-corrected chi connectivity index (χ3v) is 11.8. The number of nitrogens with two attached hydrogens (primary N) is 1. The molecular weight excluding hydrogens is 797 g/mol. The van der Waals surface area contributed by atoms with Crippen LogP contribution in [-0.4, -0.2) is 83.4 Å². The Morgan fingerprint density at radius 1 is 0.750 bits per heavy atom. The van der Waals surface area contributed by atoms with E-state index in [2.05, 4.69) is 47.6 Å². The van der Waals surface area contributed by atoms with Crippen molar-refractivity contribution in [3.63, 3.8) is 0 Å². The van der Waals surface area contributed by atoms with Crippen molar-refractivity contribution in [1.82, 2.24) is 0 Å². The maximum atomic E-state index is 12.8. The van der Waals surface area contributed by atoms with Gasteiger partial charge >= 0.3 is 25.7 Å². The number of phosphoric ester groups is 1. The topological polar surface area (TPSA) is 220 Å². The van der Waals surface area contributed by atoms with Crippen molar-refractivity contribution in [2.75, 3.05) is 19.8 Å². The van der Waals surface area contributed by atoms with Gasteiger partial charge in [0.25, 0.3) is 0 Å². The zero-order chi connectivity index (χ0) is 43.9. The maximum Gasteiger partial charge on any atom is 0.472 e. The molecule has 8 atom stereocenters. The molecule has 16 heteroatoms. The molecule has 346 valence electrons. The van der Waals surface area contributed by atoms with Crippen LogP contribution in [0.1, 0.15) is 162 Å². The number of esters is 2. The number of phosphoric acid groups is 1. The lowest BCUT2D eigenvalue weighted by molar-refractivity contribution is -0.336. The molecule has 0 aromatic rings. The van der Waals surface area contributed by atoms with Crippen LogP contribution in [0.25, 0.3) is 0 Å². The van der Waals surface area contributed by atoms with Crippen molar-refractivity contribution in [3.05, 3.63) is 36.5 Å². The van der Waals surface area contributed by atoms with Crippen LogP contribution in [0, 0.1) is 11.8 Å².